The molecule has 0 amide bonds. The van der Waals surface area contributed by atoms with E-state index in [2.05, 4.69) is 13.8 Å². The van der Waals surface area contributed by atoms with Gasteiger partial charge in [-0.2, -0.15) is 0 Å². The molecule has 7 atom stereocenters. The molecule has 0 aromatic heterocycles. The summed E-state index contributed by atoms with van der Waals surface area (Å²) in [6.45, 7) is 7.82. The summed E-state index contributed by atoms with van der Waals surface area (Å²) < 4.78 is 18.4. The minimum atomic E-state index is -0.237. The van der Waals surface area contributed by atoms with E-state index in [1.165, 1.54) is 51.4 Å². The van der Waals surface area contributed by atoms with E-state index in [-0.39, 0.29) is 12.6 Å². The zero-order valence-electron chi connectivity index (χ0n) is 16.0. The highest BCUT2D eigenvalue weighted by Crippen LogP contribution is 2.70. The fraction of sp³-hybridized carbons (Fsp3) is 1.00. The second-order valence-corrected chi connectivity index (χ2v) is 10.8. The molecule has 0 N–H and O–H groups in total. The number of fused-ring (bicyclic) bond motifs is 6. The van der Waals surface area contributed by atoms with Gasteiger partial charge in [-0.15, -0.1) is 0 Å². The zero-order valence-corrected chi connectivity index (χ0v) is 16.0. The Labute approximate surface area is 153 Å². The van der Waals surface area contributed by atoms with Crippen molar-refractivity contribution in [3.8, 4) is 0 Å². The third kappa shape index (κ3) is 1.88. The molecule has 3 heteroatoms. The van der Waals surface area contributed by atoms with Crippen LogP contribution in [0.1, 0.15) is 73.1 Å². The molecule has 6 aliphatic rings. The van der Waals surface area contributed by atoms with E-state index in [0.717, 1.165) is 49.9 Å². The quantitative estimate of drug-likeness (QED) is 0.590. The molecule has 25 heavy (non-hydrogen) atoms. The van der Waals surface area contributed by atoms with Gasteiger partial charge in [-0.3, -0.25) is 0 Å². The molecule has 142 valence electrons. The van der Waals surface area contributed by atoms with Crippen LogP contribution in [-0.4, -0.2) is 31.2 Å². The minimum absolute atomic E-state index is 0. The number of hydrogen-bond acceptors (Lipinski definition) is 3. The summed E-state index contributed by atoms with van der Waals surface area (Å²) in [6.07, 6.45) is 12.1. The van der Waals surface area contributed by atoms with E-state index in [9.17, 15) is 0 Å². The van der Waals surface area contributed by atoms with Crippen molar-refractivity contribution in [2.75, 3.05) is 19.8 Å². The smallest absolute Gasteiger partial charge is 0.174 e. The van der Waals surface area contributed by atoms with Crippen LogP contribution in [0.2, 0.25) is 0 Å². The van der Waals surface area contributed by atoms with Crippen molar-refractivity contribution in [2.24, 2.45) is 34.5 Å². The summed E-state index contributed by atoms with van der Waals surface area (Å²) in [6, 6.07) is 0. The van der Waals surface area contributed by atoms with Crippen molar-refractivity contribution in [3.05, 3.63) is 0 Å². The topological polar surface area (TPSA) is 31.0 Å². The molecule has 2 heterocycles. The molecule has 0 aromatic carbocycles. The van der Waals surface area contributed by atoms with E-state index in [4.69, 9.17) is 14.2 Å². The van der Waals surface area contributed by atoms with Crippen LogP contribution in [0, 0.1) is 34.5 Å². The Balaban J connectivity index is 0.00000150. The van der Waals surface area contributed by atoms with Crippen molar-refractivity contribution in [1.82, 2.24) is 0 Å². The maximum Gasteiger partial charge on any atom is 0.174 e. The molecule has 3 nitrogen and oxygen atoms in total. The van der Waals surface area contributed by atoms with Crippen molar-refractivity contribution in [3.63, 3.8) is 0 Å². The molecule has 0 aromatic rings. The van der Waals surface area contributed by atoms with E-state index in [1.54, 1.807) is 0 Å². The van der Waals surface area contributed by atoms with Gasteiger partial charge in [0.15, 0.2) is 5.79 Å². The molecular weight excluding hydrogens is 312 g/mol. The number of ether oxygens (including phenoxy) is 3. The molecule has 1 unspecified atom stereocenters. The van der Waals surface area contributed by atoms with Crippen LogP contribution in [0.15, 0.2) is 0 Å². The number of hydrogen-bond donors (Lipinski definition) is 0. The standard InChI is InChI=1S/C22H34O3.H2/c1-19-9-10-21(14-25-21)13-15(19)3-4-16-17(19)5-7-20(2)18(16)6-8-22(20)23-11-12-24-22;/h15-18H,3-14H2,1-2H3;1H/t15-,16+,17?,18-,19-,20-,21+;/m0./s1. The third-order valence-corrected chi connectivity index (χ3v) is 10.2. The maximum absolute atomic E-state index is 6.28. The number of rotatable bonds is 0. The number of epoxide rings is 1. The lowest BCUT2D eigenvalue weighted by Crippen LogP contribution is -2.57. The summed E-state index contributed by atoms with van der Waals surface area (Å²) in [4.78, 5) is 0. The first-order chi connectivity index (χ1) is 12.0. The van der Waals surface area contributed by atoms with E-state index in [0.29, 0.717) is 11.0 Å². The van der Waals surface area contributed by atoms with Crippen LogP contribution in [0.3, 0.4) is 0 Å². The average Bonchev–Trinajstić information content (AvgIpc) is 3.06. The second-order valence-electron chi connectivity index (χ2n) is 10.8. The largest absolute Gasteiger partial charge is 0.370 e. The van der Waals surface area contributed by atoms with Crippen molar-refractivity contribution in [1.29, 1.82) is 0 Å². The summed E-state index contributed by atoms with van der Waals surface area (Å²) in [5.41, 5.74) is 1.14. The predicted octanol–water partition coefficient (Wildman–Crippen LogP) is 4.79. The van der Waals surface area contributed by atoms with Crippen LogP contribution in [0.5, 0.6) is 0 Å². The fourth-order valence-corrected chi connectivity index (χ4v) is 8.56. The maximum atomic E-state index is 6.28. The molecule has 4 aliphatic carbocycles. The highest BCUT2D eigenvalue weighted by Gasteiger charge is 2.68. The summed E-state index contributed by atoms with van der Waals surface area (Å²) >= 11 is 0. The first-order valence-electron chi connectivity index (χ1n) is 10.9. The van der Waals surface area contributed by atoms with E-state index in [1.807, 2.05) is 0 Å². The first kappa shape index (κ1) is 15.9. The second kappa shape index (κ2) is 4.83. The molecule has 2 aliphatic heterocycles. The lowest BCUT2D eigenvalue weighted by molar-refractivity contribution is -0.247. The first-order valence-corrected chi connectivity index (χ1v) is 10.9. The molecule has 0 radical (unpaired) electrons. The predicted molar refractivity (Wildman–Crippen MR) is 97.2 cm³/mol. The van der Waals surface area contributed by atoms with Crippen LogP contribution in [0.4, 0.5) is 0 Å². The average molecular weight is 349 g/mol. The van der Waals surface area contributed by atoms with Crippen LogP contribution in [-0.2, 0) is 14.2 Å². The lowest BCUT2D eigenvalue weighted by Gasteiger charge is -2.61. The van der Waals surface area contributed by atoms with Gasteiger partial charge < -0.3 is 14.2 Å². The Morgan fingerprint density at radius 1 is 0.800 bits per heavy atom. The van der Waals surface area contributed by atoms with Gasteiger partial charge in [0, 0.05) is 13.3 Å². The SMILES string of the molecule is C[C@]12CCC3[C@@H](CC[C@H]4C[C@]5(CC[C@]34C)CO5)[C@@H]1CCC21OCCO1.[HH]. The van der Waals surface area contributed by atoms with E-state index < -0.39 is 0 Å². The molecular formula is C22H36O3. The molecule has 6 rings (SSSR count). The molecule has 0 bridgehead atoms. The Morgan fingerprint density at radius 3 is 2.32 bits per heavy atom. The normalized spacial score (nSPS) is 58.8. The molecule has 4 saturated carbocycles. The van der Waals surface area contributed by atoms with Crippen molar-refractivity contribution in [2.45, 2.75) is 83.0 Å². The van der Waals surface area contributed by atoms with Gasteiger partial charge in [-0.1, -0.05) is 13.8 Å². The Morgan fingerprint density at radius 2 is 1.56 bits per heavy atom. The van der Waals surface area contributed by atoms with Gasteiger partial charge in [0.1, 0.15) is 0 Å². The van der Waals surface area contributed by atoms with Crippen molar-refractivity contribution >= 4 is 0 Å². The Bertz CT molecular complexity index is 584. The fourth-order valence-electron chi connectivity index (χ4n) is 8.56. The van der Waals surface area contributed by atoms with Gasteiger partial charge >= 0.3 is 0 Å². The van der Waals surface area contributed by atoms with Gasteiger partial charge in [0.05, 0.1) is 25.4 Å². The van der Waals surface area contributed by atoms with Gasteiger partial charge in [-0.05, 0) is 80.5 Å². The summed E-state index contributed by atoms with van der Waals surface area (Å²) in [5.74, 6) is 3.32. The highest BCUT2D eigenvalue weighted by atomic mass is 16.7. The van der Waals surface area contributed by atoms with Gasteiger partial charge in [0.2, 0.25) is 0 Å². The highest BCUT2D eigenvalue weighted by molar-refractivity contribution is 5.14. The van der Waals surface area contributed by atoms with Gasteiger partial charge in [0.25, 0.3) is 0 Å². The van der Waals surface area contributed by atoms with E-state index >= 15 is 0 Å². The van der Waals surface area contributed by atoms with Crippen LogP contribution in [0.25, 0.3) is 0 Å². The molecule has 6 fully saturated rings. The summed E-state index contributed by atoms with van der Waals surface area (Å²) in [7, 11) is 0. The molecule has 2 saturated heterocycles. The minimum Gasteiger partial charge on any atom is -0.370 e. The lowest BCUT2D eigenvalue weighted by atomic mass is 9.44. The van der Waals surface area contributed by atoms with Crippen molar-refractivity contribution < 1.29 is 15.6 Å². The monoisotopic (exact) mass is 348 g/mol. The Hall–Kier alpha value is -0.120. The van der Waals surface area contributed by atoms with Gasteiger partial charge in [-0.25, -0.2) is 0 Å². The third-order valence-electron chi connectivity index (χ3n) is 10.2. The summed E-state index contributed by atoms with van der Waals surface area (Å²) in [5, 5.41) is 0. The van der Waals surface area contributed by atoms with Crippen LogP contribution < -0.4 is 0 Å². The van der Waals surface area contributed by atoms with Crippen LogP contribution >= 0.6 is 0 Å². The Kier molecular flexibility index (Phi) is 3.07. The zero-order chi connectivity index (χ0) is 16.9. The molecule has 2 spiro atoms.